The molecule has 0 unspecified atom stereocenters. The highest BCUT2D eigenvalue weighted by molar-refractivity contribution is 5.92. The molecule has 0 aromatic carbocycles. The molecule has 1 aliphatic rings. The van der Waals surface area contributed by atoms with E-state index >= 15 is 0 Å². The molecule has 0 bridgehead atoms. The molecule has 1 atom stereocenters. The standard InChI is InChI=1S/C16H23N3O2/c1-13(20)19-11-9-16(19,15(21)18(2)3)8-4-6-14-7-5-10-17-12-14/h5,7,10,12H,4,6,8-9,11H2,1-3H3/t16-/m0/s1. The number of carbonyl (C=O) groups excluding carboxylic acids is 2. The second-order valence-electron chi connectivity index (χ2n) is 5.87. The van der Waals surface area contributed by atoms with Crippen molar-refractivity contribution in [3.8, 4) is 0 Å². The highest BCUT2D eigenvalue weighted by Crippen LogP contribution is 2.37. The minimum atomic E-state index is -0.627. The first-order valence-corrected chi connectivity index (χ1v) is 7.36. The Balaban J connectivity index is 2.04. The van der Waals surface area contributed by atoms with E-state index in [1.807, 2.05) is 18.3 Å². The number of pyridine rings is 1. The normalized spacial score (nSPS) is 20.8. The van der Waals surface area contributed by atoms with Crippen LogP contribution in [0.1, 0.15) is 31.7 Å². The fraction of sp³-hybridized carbons (Fsp3) is 0.562. The van der Waals surface area contributed by atoms with Crippen LogP contribution in [0.25, 0.3) is 0 Å². The fourth-order valence-electron chi connectivity index (χ4n) is 3.09. The molecule has 1 fully saturated rings. The number of hydrogen-bond acceptors (Lipinski definition) is 3. The van der Waals surface area contributed by atoms with Crippen LogP contribution in [0.2, 0.25) is 0 Å². The molecule has 5 heteroatoms. The summed E-state index contributed by atoms with van der Waals surface area (Å²) >= 11 is 0. The van der Waals surface area contributed by atoms with Crippen molar-refractivity contribution in [1.29, 1.82) is 0 Å². The van der Waals surface area contributed by atoms with Gasteiger partial charge in [-0.2, -0.15) is 0 Å². The molecular formula is C16H23N3O2. The summed E-state index contributed by atoms with van der Waals surface area (Å²) in [4.78, 5) is 31.7. The maximum absolute atomic E-state index is 12.5. The van der Waals surface area contributed by atoms with Crippen LogP contribution < -0.4 is 0 Å². The second-order valence-corrected chi connectivity index (χ2v) is 5.87. The van der Waals surface area contributed by atoms with Gasteiger partial charge in [-0.05, 0) is 37.3 Å². The van der Waals surface area contributed by atoms with Crippen LogP contribution in [0.15, 0.2) is 24.5 Å². The van der Waals surface area contributed by atoms with Crippen LogP contribution in [0.5, 0.6) is 0 Å². The van der Waals surface area contributed by atoms with Gasteiger partial charge in [0.05, 0.1) is 0 Å². The van der Waals surface area contributed by atoms with Crippen LogP contribution >= 0.6 is 0 Å². The molecule has 1 saturated heterocycles. The van der Waals surface area contributed by atoms with Crippen molar-refractivity contribution in [3.05, 3.63) is 30.1 Å². The number of likely N-dealkylation sites (N-methyl/N-ethyl adjacent to an activating group) is 1. The van der Waals surface area contributed by atoms with Gasteiger partial charge >= 0.3 is 0 Å². The summed E-state index contributed by atoms with van der Waals surface area (Å²) in [5.74, 6) is 0.0213. The van der Waals surface area contributed by atoms with Gasteiger partial charge in [-0.15, -0.1) is 0 Å². The van der Waals surface area contributed by atoms with Gasteiger partial charge < -0.3 is 9.80 Å². The number of hydrogen-bond donors (Lipinski definition) is 0. The molecule has 21 heavy (non-hydrogen) atoms. The summed E-state index contributed by atoms with van der Waals surface area (Å²) in [5.41, 5.74) is 0.538. The minimum absolute atomic E-state index is 0.0159. The molecule has 1 aliphatic heterocycles. The van der Waals surface area contributed by atoms with E-state index in [1.54, 1.807) is 30.1 Å². The maximum Gasteiger partial charge on any atom is 0.248 e. The predicted molar refractivity (Wildman–Crippen MR) is 80.6 cm³/mol. The molecule has 2 rings (SSSR count). The minimum Gasteiger partial charge on any atom is -0.347 e. The van der Waals surface area contributed by atoms with E-state index in [1.165, 1.54) is 12.5 Å². The Hall–Kier alpha value is -1.91. The molecule has 0 radical (unpaired) electrons. The lowest BCUT2D eigenvalue weighted by molar-refractivity contribution is -0.164. The van der Waals surface area contributed by atoms with E-state index in [9.17, 15) is 9.59 Å². The van der Waals surface area contributed by atoms with Crippen LogP contribution in [0, 0.1) is 0 Å². The Morgan fingerprint density at radius 2 is 2.19 bits per heavy atom. The van der Waals surface area contributed by atoms with Gasteiger partial charge in [0.2, 0.25) is 11.8 Å². The Labute approximate surface area is 126 Å². The highest BCUT2D eigenvalue weighted by Gasteiger charge is 2.52. The van der Waals surface area contributed by atoms with Gasteiger partial charge in [-0.3, -0.25) is 14.6 Å². The third kappa shape index (κ3) is 3.06. The van der Waals surface area contributed by atoms with E-state index in [-0.39, 0.29) is 11.8 Å². The average molecular weight is 289 g/mol. The fourth-order valence-corrected chi connectivity index (χ4v) is 3.09. The molecule has 0 aliphatic carbocycles. The molecule has 2 heterocycles. The SMILES string of the molecule is CC(=O)N1CC[C@@]1(CCCc1cccnc1)C(=O)N(C)C. The highest BCUT2D eigenvalue weighted by atomic mass is 16.2. The van der Waals surface area contributed by atoms with E-state index in [4.69, 9.17) is 0 Å². The number of rotatable bonds is 5. The van der Waals surface area contributed by atoms with E-state index in [0.29, 0.717) is 13.0 Å². The number of aromatic nitrogens is 1. The van der Waals surface area contributed by atoms with Crippen molar-refractivity contribution >= 4 is 11.8 Å². The first-order valence-electron chi connectivity index (χ1n) is 7.36. The van der Waals surface area contributed by atoms with E-state index in [0.717, 1.165) is 19.3 Å². The van der Waals surface area contributed by atoms with Gasteiger partial charge in [-0.25, -0.2) is 0 Å². The van der Waals surface area contributed by atoms with Crippen molar-refractivity contribution in [2.24, 2.45) is 0 Å². The third-order valence-electron chi connectivity index (χ3n) is 4.23. The molecule has 0 N–H and O–H groups in total. The molecule has 0 saturated carbocycles. The lowest BCUT2D eigenvalue weighted by Crippen LogP contribution is -2.68. The second kappa shape index (κ2) is 6.24. The molecular weight excluding hydrogens is 266 g/mol. The lowest BCUT2D eigenvalue weighted by Gasteiger charge is -2.52. The summed E-state index contributed by atoms with van der Waals surface area (Å²) < 4.78 is 0. The summed E-state index contributed by atoms with van der Waals surface area (Å²) in [6.07, 6.45) is 6.82. The van der Waals surface area contributed by atoms with E-state index in [2.05, 4.69) is 4.98 Å². The summed E-state index contributed by atoms with van der Waals surface area (Å²) in [7, 11) is 3.50. The number of amides is 2. The van der Waals surface area contributed by atoms with Crippen molar-refractivity contribution in [1.82, 2.24) is 14.8 Å². The zero-order chi connectivity index (χ0) is 15.5. The molecule has 0 spiro atoms. The first-order chi connectivity index (χ1) is 9.97. The zero-order valence-electron chi connectivity index (χ0n) is 13.0. The van der Waals surface area contributed by atoms with Crippen molar-refractivity contribution < 1.29 is 9.59 Å². The third-order valence-corrected chi connectivity index (χ3v) is 4.23. The van der Waals surface area contributed by atoms with E-state index < -0.39 is 5.54 Å². The van der Waals surface area contributed by atoms with Crippen LogP contribution in [0.4, 0.5) is 0 Å². The molecule has 5 nitrogen and oxygen atoms in total. The first kappa shape index (κ1) is 15.5. The molecule has 1 aromatic rings. The number of carbonyl (C=O) groups is 2. The zero-order valence-corrected chi connectivity index (χ0v) is 13.0. The van der Waals surface area contributed by atoms with Crippen LogP contribution in [-0.4, -0.2) is 52.8 Å². The lowest BCUT2D eigenvalue weighted by atomic mass is 9.78. The Kier molecular flexibility index (Phi) is 4.60. The summed E-state index contributed by atoms with van der Waals surface area (Å²) in [5, 5.41) is 0. The summed E-state index contributed by atoms with van der Waals surface area (Å²) in [6.45, 7) is 2.22. The smallest absolute Gasteiger partial charge is 0.248 e. The molecule has 1 aromatic heterocycles. The number of nitrogens with zero attached hydrogens (tertiary/aromatic N) is 3. The summed E-state index contributed by atoms with van der Waals surface area (Å²) in [6, 6.07) is 3.96. The quantitative estimate of drug-likeness (QED) is 0.825. The number of likely N-dealkylation sites (tertiary alicyclic amines) is 1. The van der Waals surface area contributed by atoms with Gasteiger partial charge in [0.1, 0.15) is 5.54 Å². The Morgan fingerprint density at radius 1 is 1.43 bits per heavy atom. The predicted octanol–water partition coefficient (Wildman–Crippen LogP) is 1.48. The maximum atomic E-state index is 12.5. The van der Waals surface area contributed by atoms with Gasteiger partial charge in [0, 0.05) is 40.0 Å². The van der Waals surface area contributed by atoms with Gasteiger partial charge in [-0.1, -0.05) is 6.07 Å². The van der Waals surface area contributed by atoms with Gasteiger partial charge in [0.15, 0.2) is 0 Å². The van der Waals surface area contributed by atoms with Crippen molar-refractivity contribution in [3.63, 3.8) is 0 Å². The monoisotopic (exact) mass is 289 g/mol. The van der Waals surface area contributed by atoms with Crippen molar-refractivity contribution in [2.75, 3.05) is 20.6 Å². The van der Waals surface area contributed by atoms with Crippen molar-refractivity contribution in [2.45, 2.75) is 38.1 Å². The average Bonchev–Trinajstić information content (AvgIpc) is 2.42. The topological polar surface area (TPSA) is 53.5 Å². The Bertz CT molecular complexity index is 516. The van der Waals surface area contributed by atoms with Gasteiger partial charge in [0.25, 0.3) is 0 Å². The largest absolute Gasteiger partial charge is 0.347 e. The Morgan fingerprint density at radius 3 is 2.67 bits per heavy atom. The molecule has 2 amide bonds. The van der Waals surface area contributed by atoms with Crippen LogP contribution in [0.3, 0.4) is 0 Å². The van der Waals surface area contributed by atoms with Crippen LogP contribution in [-0.2, 0) is 16.0 Å². The number of aryl methyl sites for hydroxylation is 1. The molecule has 114 valence electrons.